The Morgan fingerprint density at radius 3 is 2.62 bits per heavy atom. The zero-order valence-electron chi connectivity index (χ0n) is 16.4. The highest BCUT2D eigenvalue weighted by Gasteiger charge is 2.11. The lowest BCUT2D eigenvalue weighted by Crippen LogP contribution is -2.22. The van der Waals surface area contributed by atoms with Crippen LogP contribution in [0.25, 0.3) is 11.1 Å². The van der Waals surface area contributed by atoms with E-state index in [9.17, 15) is 9.59 Å². The summed E-state index contributed by atoms with van der Waals surface area (Å²) in [6, 6.07) is 10.9. The first-order chi connectivity index (χ1) is 14.0. The number of nitrogens with one attached hydrogen (secondary N) is 1. The van der Waals surface area contributed by atoms with Crippen molar-refractivity contribution in [3.8, 4) is 16.9 Å². The summed E-state index contributed by atoms with van der Waals surface area (Å²) < 4.78 is 17.3. The van der Waals surface area contributed by atoms with Gasteiger partial charge in [-0.15, -0.1) is 0 Å². The molecule has 0 fully saturated rings. The fourth-order valence-electron chi connectivity index (χ4n) is 2.69. The van der Waals surface area contributed by atoms with Crippen LogP contribution in [-0.2, 0) is 23.1 Å². The lowest BCUT2D eigenvalue weighted by Gasteiger charge is -2.07. The Bertz CT molecular complexity index is 959. The third-order valence-electron chi connectivity index (χ3n) is 4.22. The quantitative estimate of drug-likeness (QED) is 0.441. The van der Waals surface area contributed by atoms with Crippen molar-refractivity contribution in [1.82, 2.24) is 15.1 Å². The number of esters is 1. The molecule has 152 valence electrons. The molecule has 0 aliphatic carbocycles. The molecule has 0 spiro atoms. The average molecular weight is 397 g/mol. The summed E-state index contributed by atoms with van der Waals surface area (Å²) in [5, 5.41) is 6.91. The number of methoxy groups -OCH3 is 1. The number of aromatic nitrogens is 2. The highest BCUT2D eigenvalue weighted by Crippen LogP contribution is 2.21. The molecule has 0 saturated heterocycles. The molecule has 8 heteroatoms. The monoisotopic (exact) mass is 397 g/mol. The standard InChI is InChI=1S/C21H23N3O5/c1-24-14-16(12-23-24)15-5-7-17(8-6-15)28-11-3-4-20(25)22-13-18-9-10-19(29-18)21(26)27-2/h5-10,12,14H,3-4,11,13H2,1-2H3,(H,22,25). The Kier molecular flexibility index (Phi) is 6.67. The Hall–Kier alpha value is -3.55. The first-order valence-corrected chi connectivity index (χ1v) is 9.21. The van der Waals surface area contributed by atoms with Gasteiger partial charge < -0.3 is 19.2 Å². The summed E-state index contributed by atoms with van der Waals surface area (Å²) in [7, 11) is 3.16. The van der Waals surface area contributed by atoms with Crippen molar-refractivity contribution in [2.75, 3.05) is 13.7 Å². The van der Waals surface area contributed by atoms with Gasteiger partial charge in [0.1, 0.15) is 11.5 Å². The van der Waals surface area contributed by atoms with Crippen molar-refractivity contribution in [2.24, 2.45) is 7.05 Å². The SMILES string of the molecule is COC(=O)c1ccc(CNC(=O)CCCOc2ccc(-c3cnn(C)c3)cc2)o1. The number of aryl methyl sites for hydroxylation is 1. The second kappa shape index (κ2) is 9.59. The van der Waals surface area contributed by atoms with Crippen LogP contribution >= 0.6 is 0 Å². The van der Waals surface area contributed by atoms with E-state index in [2.05, 4.69) is 15.2 Å². The van der Waals surface area contributed by atoms with Gasteiger partial charge in [0.15, 0.2) is 0 Å². The lowest BCUT2D eigenvalue weighted by atomic mass is 10.1. The third kappa shape index (κ3) is 5.71. The maximum Gasteiger partial charge on any atom is 0.373 e. The van der Waals surface area contributed by atoms with Crippen LogP contribution < -0.4 is 10.1 Å². The molecule has 0 unspecified atom stereocenters. The number of benzene rings is 1. The van der Waals surface area contributed by atoms with E-state index in [-0.39, 0.29) is 18.2 Å². The molecule has 0 bridgehead atoms. The molecule has 1 aromatic carbocycles. The minimum Gasteiger partial charge on any atom is -0.494 e. The largest absolute Gasteiger partial charge is 0.494 e. The van der Waals surface area contributed by atoms with Gasteiger partial charge in [0, 0.05) is 25.2 Å². The molecule has 8 nitrogen and oxygen atoms in total. The van der Waals surface area contributed by atoms with Crippen molar-refractivity contribution in [2.45, 2.75) is 19.4 Å². The highest BCUT2D eigenvalue weighted by atomic mass is 16.5. The zero-order valence-corrected chi connectivity index (χ0v) is 16.4. The van der Waals surface area contributed by atoms with Crippen molar-refractivity contribution < 1.29 is 23.5 Å². The molecule has 0 atom stereocenters. The summed E-state index contributed by atoms with van der Waals surface area (Å²) in [6.45, 7) is 0.652. The zero-order chi connectivity index (χ0) is 20.6. The van der Waals surface area contributed by atoms with E-state index in [1.54, 1.807) is 10.7 Å². The first-order valence-electron chi connectivity index (χ1n) is 9.21. The molecule has 0 aliphatic rings. The van der Waals surface area contributed by atoms with Crippen LogP contribution in [0.3, 0.4) is 0 Å². The second-order valence-electron chi connectivity index (χ2n) is 6.41. The number of nitrogens with zero attached hydrogens (tertiary/aromatic N) is 2. The number of carbonyl (C=O) groups is 2. The van der Waals surface area contributed by atoms with E-state index in [1.807, 2.05) is 43.7 Å². The highest BCUT2D eigenvalue weighted by molar-refractivity contribution is 5.86. The molecule has 0 radical (unpaired) electrons. The number of furan rings is 1. The predicted molar refractivity (Wildman–Crippen MR) is 105 cm³/mol. The molecular formula is C21H23N3O5. The minimum absolute atomic E-state index is 0.111. The molecule has 1 N–H and O–H groups in total. The van der Waals surface area contributed by atoms with Gasteiger partial charge in [-0.25, -0.2) is 4.79 Å². The molecule has 0 aliphatic heterocycles. The Morgan fingerprint density at radius 1 is 1.14 bits per heavy atom. The first kappa shape index (κ1) is 20.2. The van der Waals surface area contributed by atoms with Gasteiger partial charge in [-0.2, -0.15) is 5.10 Å². The van der Waals surface area contributed by atoms with Crippen molar-refractivity contribution in [1.29, 1.82) is 0 Å². The van der Waals surface area contributed by atoms with Crippen molar-refractivity contribution in [3.63, 3.8) is 0 Å². The van der Waals surface area contributed by atoms with Crippen LogP contribution in [0.15, 0.2) is 53.2 Å². The number of hydrogen-bond donors (Lipinski definition) is 1. The smallest absolute Gasteiger partial charge is 0.373 e. The summed E-state index contributed by atoms with van der Waals surface area (Å²) in [5.41, 5.74) is 2.11. The number of carbonyl (C=O) groups excluding carboxylic acids is 2. The van der Waals surface area contributed by atoms with Crippen LogP contribution in [0, 0.1) is 0 Å². The van der Waals surface area contributed by atoms with Crippen LogP contribution in [0.4, 0.5) is 0 Å². The molecule has 0 saturated carbocycles. The Labute approximate surface area is 168 Å². The topological polar surface area (TPSA) is 95.6 Å². The summed E-state index contributed by atoms with van der Waals surface area (Å²) >= 11 is 0. The van der Waals surface area contributed by atoms with Gasteiger partial charge in [0.2, 0.25) is 11.7 Å². The normalized spacial score (nSPS) is 10.6. The van der Waals surface area contributed by atoms with Gasteiger partial charge in [-0.05, 0) is 36.2 Å². The van der Waals surface area contributed by atoms with E-state index in [1.165, 1.54) is 13.2 Å². The third-order valence-corrected chi connectivity index (χ3v) is 4.22. The molecule has 3 rings (SSSR count). The van der Waals surface area contributed by atoms with Crippen LogP contribution in [0.2, 0.25) is 0 Å². The fraction of sp³-hybridized carbons (Fsp3) is 0.286. The number of hydrogen-bond acceptors (Lipinski definition) is 6. The molecule has 1 amide bonds. The van der Waals surface area contributed by atoms with Crippen LogP contribution in [0.1, 0.15) is 29.2 Å². The second-order valence-corrected chi connectivity index (χ2v) is 6.41. The molecule has 2 heterocycles. The molecule has 29 heavy (non-hydrogen) atoms. The maximum atomic E-state index is 11.9. The average Bonchev–Trinajstić information content (AvgIpc) is 3.39. The minimum atomic E-state index is -0.548. The van der Waals surface area contributed by atoms with E-state index in [4.69, 9.17) is 9.15 Å². The van der Waals surface area contributed by atoms with Gasteiger partial charge in [-0.1, -0.05) is 12.1 Å². The number of amides is 1. The summed E-state index contributed by atoms with van der Waals surface area (Å²) in [4.78, 5) is 23.2. The lowest BCUT2D eigenvalue weighted by molar-refractivity contribution is -0.121. The van der Waals surface area contributed by atoms with E-state index in [0.29, 0.717) is 25.2 Å². The molecule has 3 aromatic rings. The Morgan fingerprint density at radius 2 is 1.93 bits per heavy atom. The van der Waals surface area contributed by atoms with E-state index >= 15 is 0 Å². The van der Waals surface area contributed by atoms with Gasteiger partial charge in [-0.3, -0.25) is 9.48 Å². The van der Waals surface area contributed by atoms with Gasteiger partial charge in [0.25, 0.3) is 0 Å². The maximum absolute atomic E-state index is 11.9. The number of rotatable bonds is 9. The molecule has 2 aromatic heterocycles. The van der Waals surface area contributed by atoms with E-state index in [0.717, 1.165) is 16.9 Å². The number of ether oxygens (including phenoxy) is 2. The van der Waals surface area contributed by atoms with E-state index < -0.39 is 5.97 Å². The van der Waals surface area contributed by atoms with Crippen LogP contribution in [0.5, 0.6) is 5.75 Å². The van der Waals surface area contributed by atoms with Crippen molar-refractivity contribution in [3.05, 3.63) is 60.3 Å². The van der Waals surface area contributed by atoms with Crippen LogP contribution in [-0.4, -0.2) is 35.4 Å². The van der Waals surface area contributed by atoms with Gasteiger partial charge in [0.05, 0.1) is 26.5 Å². The van der Waals surface area contributed by atoms with Crippen molar-refractivity contribution >= 4 is 11.9 Å². The Balaban J connectivity index is 1.35. The molecular weight excluding hydrogens is 374 g/mol. The summed E-state index contributed by atoms with van der Waals surface area (Å²) in [6.07, 6.45) is 4.68. The predicted octanol–water partition coefficient (Wildman–Crippen LogP) is 2.94. The van der Waals surface area contributed by atoms with Gasteiger partial charge >= 0.3 is 5.97 Å². The fourth-order valence-corrected chi connectivity index (χ4v) is 2.69. The summed E-state index contributed by atoms with van der Waals surface area (Å²) in [5.74, 6) is 0.692.